The lowest BCUT2D eigenvalue weighted by Gasteiger charge is -2.22. The van der Waals surface area contributed by atoms with Crippen molar-refractivity contribution < 1.29 is 19.0 Å². The van der Waals surface area contributed by atoms with Crippen molar-refractivity contribution in [3.63, 3.8) is 0 Å². The number of carbonyl (C=O) groups excluding carboxylic acids is 1. The monoisotopic (exact) mass is 347 g/mol. The first-order chi connectivity index (χ1) is 12.0. The van der Waals surface area contributed by atoms with Crippen LogP contribution in [0.4, 0.5) is 10.2 Å². The summed E-state index contributed by atoms with van der Waals surface area (Å²) in [6.45, 7) is 5.13. The molecular weight excluding hydrogens is 325 g/mol. The Morgan fingerprint density at radius 2 is 2.04 bits per heavy atom. The van der Waals surface area contributed by atoms with E-state index >= 15 is 0 Å². The van der Waals surface area contributed by atoms with Crippen molar-refractivity contribution in [1.82, 2.24) is 10.2 Å². The van der Waals surface area contributed by atoms with Gasteiger partial charge in [0.05, 0.1) is 6.61 Å². The third-order valence-corrected chi connectivity index (χ3v) is 3.70. The van der Waals surface area contributed by atoms with Crippen molar-refractivity contribution in [3.05, 3.63) is 47.4 Å². The molecular formula is C18H22FN3O3. The van der Waals surface area contributed by atoms with Crippen LogP contribution in [0.1, 0.15) is 42.7 Å². The van der Waals surface area contributed by atoms with Gasteiger partial charge < -0.3 is 14.7 Å². The number of aromatic nitrogens is 2. The third kappa shape index (κ3) is 5.14. The number of anilines is 1. The highest BCUT2D eigenvalue weighted by atomic mass is 19.1. The summed E-state index contributed by atoms with van der Waals surface area (Å²) in [6, 6.07) is 7.01. The predicted molar refractivity (Wildman–Crippen MR) is 92.0 cm³/mol. The van der Waals surface area contributed by atoms with Gasteiger partial charge in [-0.25, -0.2) is 9.18 Å². The van der Waals surface area contributed by atoms with Gasteiger partial charge in [-0.15, -0.1) is 10.2 Å². The molecule has 0 saturated heterocycles. The number of nitrogens with zero attached hydrogens (tertiary/aromatic N) is 3. The summed E-state index contributed by atoms with van der Waals surface area (Å²) in [5.41, 5.74) is 0.594. The van der Waals surface area contributed by atoms with Crippen molar-refractivity contribution in [1.29, 1.82) is 0 Å². The van der Waals surface area contributed by atoms with Crippen LogP contribution in [0.2, 0.25) is 0 Å². The Labute approximate surface area is 146 Å². The summed E-state index contributed by atoms with van der Waals surface area (Å²) in [5, 5.41) is 17.8. The van der Waals surface area contributed by atoms with Gasteiger partial charge in [-0.1, -0.05) is 13.3 Å². The molecule has 7 heteroatoms. The zero-order valence-electron chi connectivity index (χ0n) is 14.4. The maximum atomic E-state index is 13.4. The smallest absolute Gasteiger partial charge is 0.358 e. The molecule has 0 aliphatic carbocycles. The lowest BCUT2D eigenvalue weighted by Crippen LogP contribution is -2.24. The number of aromatic hydroxyl groups is 1. The Hall–Kier alpha value is -2.70. The maximum Gasteiger partial charge on any atom is 0.358 e. The number of carbonyl (C=O) groups is 1. The van der Waals surface area contributed by atoms with Crippen LogP contribution < -0.4 is 4.90 Å². The van der Waals surface area contributed by atoms with Gasteiger partial charge in [-0.2, -0.15) is 0 Å². The second-order valence-corrected chi connectivity index (χ2v) is 5.55. The topological polar surface area (TPSA) is 75.5 Å². The van der Waals surface area contributed by atoms with E-state index in [4.69, 9.17) is 4.74 Å². The summed E-state index contributed by atoms with van der Waals surface area (Å²) in [5.74, 6) is -0.376. The maximum absolute atomic E-state index is 13.4. The molecule has 2 rings (SSSR count). The number of phenolic OH excluding ortho intramolecular Hbond substituents is 1. The number of esters is 1. The van der Waals surface area contributed by atoms with Crippen LogP contribution in [0.15, 0.2) is 30.3 Å². The average Bonchev–Trinajstić information content (AvgIpc) is 2.62. The molecule has 6 nitrogen and oxygen atoms in total. The highest BCUT2D eigenvalue weighted by Crippen LogP contribution is 2.22. The Bertz CT molecular complexity index is 707. The number of halogens is 1. The van der Waals surface area contributed by atoms with Crippen LogP contribution in [0.5, 0.6) is 5.75 Å². The van der Waals surface area contributed by atoms with E-state index in [1.54, 1.807) is 12.1 Å². The fourth-order valence-corrected chi connectivity index (χ4v) is 2.23. The van der Waals surface area contributed by atoms with Gasteiger partial charge >= 0.3 is 5.97 Å². The number of benzene rings is 1. The first-order valence-corrected chi connectivity index (χ1v) is 8.28. The van der Waals surface area contributed by atoms with E-state index in [0.717, 1.165) is 12.8 Å². The fourth-order valence-electron chi connectivity index (χ4n) is 2.23. The lowest BCUT2D eigenvalue weighted by molar-refractivity contribution is 0.0491. The van der Waals surface area contributed by atoms with Crippen molar-refractivity contribution in [2.24, 2.45) is 0 Å². The number of hydrogen-bond donors (Lipinski definition) is 1. The summed E-state index contributed by atoms with van der Waals surface area (Å²) in [7, 11) is 0. The van der Waals surface area contributed by atoms with Crippen LogP contribution in [-0.2, 0) is 11.3 Å². The second-order valence-electron chi connectivity index (χ2n) is 5.55. The Morgan fingerprint density at radius 1 is 1.24 bits per heavy atom. The molecule has 2 aromatic rings. The molecule has 0 saturated carbocycles. The average molecular weight is 347 g/mol. The minimum atomic E-state index is -0.502. The first-order valence-electron chi connectivity index (χ1n) is 8.28. The minimum Gasteiger partial charge on any atom is -0.508 e. The van der Waals surface area contributed by atoms with Crippen molar-refractivity contribution >= 4 is 11.8 Å². The van der Waals surface area contributed by atoms with Crippen LogP contribution in [0.3, 0.4) is 0 Å². The molecule has 0 atom stereocenters. The molecule has 134 valence electrons. The Balaban J connectivity index is 2.08. The van der Waals surface area contributed by atoms with Gasteiger partial charge in [0, 0.05) is 18.7 Å². The van der Waals surface area contributed by atoms with Gasteiger partial charge in [-0.3, -0.25) is 0 Å². The third-order valence-electron chi connectivity index (χ3n) is 3.70. The van der Waals surface area contributed by atoms with Crippen LogP contribution >= 0.6 is 0 Å². The molecule has 1 aromatic carbocycles. The minimum absolute atomic E-state index is 0.0175. The molecule has 0 radical (unpaired) electrons. The Morgan fingerprint density at radius 3 is 2.68 bits per heavy atom. The zero-order chi connectivity index (χ0) is 18.2. The molecule has 0 aliphatic rings. The SMILES string of the molecule is CCCCOC(=O)c1ccc(N(CC)Cc2cc(F)ccc2O)nn1. The van der Waals surface area contributed by atoms with E-state index in [1.165, 1.54) is 18.2 Å². The van der Waals surface area contributed by atoms with Gasteiger partial charge in [-0.05, 0) is 43.7 Å². The van der Waals surface area contributed by atoms with Crippen LogP contribution in [0.25, 0.3) is 0 Å². The largest absolute Gasteiger partial charge is 0.508 e. The molecule has 0 spiro atoms. The summed E-state index contributed by atoms with van der Waals surface area (Å²) < 4.78 is 18.5. The molecule has 1 heterocycles. The van der Waals surface area contributed by atoms with Gasteiger partial charge in [0.25, 0.3) is 0 Å². The van der Waals surface area contributed by atoms with E-state index in [2.05, 4.69) is 10.2 Å². The molecule has 1 aromatic heterocycles. The number of ether oxygens (including phenoxy) is 1. The predicted octanol–water partition coefficient (Wildman–Crippen LogP) is 3.30. The molecule has 0 bridgehead atoms. The van der Waals surface area contributed by atoms with Crippen molar-refractivity contribution in [3.8, 4) is 5.75 Å². The van der Waals surface area contributed by atoms with Crippen LogP contribution in [0, 0.1) is 5.82 Å². The lowest BCUT2D eigenvalue weighted by atomic mass is 10.2. The van der Waals surface area contributed by atoms with Gasteiger partial charge in [0.15, 0.2) is 11.5 Å². The second kappa shape index (κ2) is 8.96. The Kier molecular flexibility index (Phi) is 6.68. The van der Waals surface area contributed by atoms with E-state index in [1.807, 2.05) is 18.7 Å². The molecule has 1 N–H and O–H groups in total. The van der Waals surface area contributed by atoms with E-state index in [-0.39, 0.29) is 18.0 Å². The number of unbranched alkanes of at least 4 members (excludes halogenated alkanes) is 1. The standard InChI is InChI=1S/C18H22FN3O3/c1-3-5-10-25-18(24)15-7-9-17(21-20-15)22(4-2)12-13-11-14(19)6-8-16(13)23/h6-9,11,23H,3-5,10,12H2,1-2H3. The zero-order valence-corrected chi connectivity index (χ0v) is 14.4. The number of phenols is 1. The molecule has 25 heavy (non-hydrogen) atoms. The van der Waals surface area contributed by atoms with Crippen molar-refractivity contribution in [2.45, 2.75) is 33.2 Å². The van der Waals surface area contributed by atoms with Gasteiger partial charge in [0.2, 0.25) is 0 Å². The van der Waals surface area contributed by atoms with E-state index in [9.17, 15) is 14.3 Å². The summed E-state index contributed by atoms with van der Waals surface area (Å²) in [6.07, 6.45) is 1.74. The van der Waals surface area contributed by atoms with Crippen LogP contribution in [-0.4, -0.2) is 34.4 Å². The fraction of sp³-hybridized carbons (Fsp3) is 0.389. The molecule has 0 aliphatic heterocycles. The molecule has 0 amide bonds. The first kappa shape index (κ1) is 18.6. The molecule has 0 fully saturated rings. The molecule has 0 unspecified atom stereocenters. The number of rotatable bonds is 8. The quantitative estimate of drug-likeness (QED) is 0.583. The summed E-state index contributed by atoms with van der Waals surface area (Å²) in [4.78, 5) is 13.6. The highest BCUT2D eigenvalue weighted by molar-refractivity contribution is 5.87. The van der Waals surface area contributed by atoms with Crippen molar-refractivity contribution in [2.75, 3.05) is 18.1 Å². The summed E-state index contributed by atoms with van der Waals surface area (Å²) >= 11 is 0. The number of hydrogen-bond acceptors (Lipinski definition) is 6. The highest BCUT2D eigenvalue weighted by Gasteiger charge is 2.14. The van der Waals surface area contributed by atoms with E-state index in [0.29, 0.717) is 24.5 Å². The van der Waals surface area contributed by atoms with E-state index < -0.39 is 11.8 Å². The normalized spacial score (nSPS) is 10.5. The van der Waals surface area contributed by atoms with Gasteiger partial charge in [0.1, 0.15) is 11.6 Å².